The largest absolute Gasteiger partial charge is 0.491 e. The van der Waals surface area contributed by atoms with Gasteiger partial charge in [-0.05, 0) is 41.3 Å². The summed E-state index contributed by atoms with van der Waals surface area (Å²) in [6, 6.07) is 16.1. The number of aliphatic hydroxyl groups excluding tert-OH is 1. The minimum atomic E-state index is -0.456. The van der Waals surface area contributed by atoms with E-state index in [0.717, 1.165) is 11.5 Å². The summed E-state index contributed by atoms with van der Waals surface area (Å²) in [5.41, 5.74) is 5.08. The minimum absolute atomic E-state index is 0.0171. The number of benzene rings is 2. The standard InChI is InChI=1S/C22H29NO4/c1-15(2)20(24)13-25-18-9-5-16(6-10-18)22(3,4)17-7-11-19(12-8-17)27-23-21-14-26-21/h5-12,15,20-21,23-24H,13-14H2,1-4H3. The summed E-state index contributed by atoms with van der Waals surface area (Å²) in [6.45, 7) is 9.34. The van der Waals surface area contributed by atoms with Crippen LogP contribution in [0.3, 0.4) is 0 Å². The molecule has 2 unspecified atom stereocenters. The number of hydrogen-bond donors (Lipinski definition) is 2. The summed E-state index contributed by atoms with van der Waals surface area (Å²) >= 11 is 0. The maximum atomic E-state index is 9.87. The molecular weight excluding hydrogens is 342 g/mol. The number of ether oxygens (including phenoxy) is 2. The Balaban J connectivity index is 1.63. The third kappa shape index (κ3) is 5.22. The summed E-state index contributed by atoms with van der Waals surface area (Å²) in [5, 5.41) is 9.87. The molecule has 2 aromatic carbocycles. The molecule has 0 saturated carbocycles. The first kappa shape index (κ1) is 19.7. The maximum absolute atomic E-state index is 9.87. The third-order valence-electron chi connectivity index (χ3n) is 4.98. The maximum Gasteiger partial charge on any atom is 0.163 e. The highest BCUT2D eigenvalue weighted by atomic mass is 16.7. The third-order valence-corrected chi connectivity index (χ3v) is 4.98. The summed E-state index contributed by atoms with van der Waals surface area (Å²) in [6.07, 6.45) is -0.439. The van der Waals surface area contributed by atoms with E-state index in [1.165, 1.54) is 11.1 Å². The van der Waals surface area contributed by atoms with Gasteiger partial charge >= 0.3 is 0 Å². The van der Waals surface area contributed by atoms with E-state index in [-0.39, 0.29) is 17.6 Å². The molecule has 0 spiro atoms. The van der Waals surface area contributed by atoms with Crippen LogP contribution < -0.4 is 15.1 Å². The van der Waals surface area contributed by atoms with Gasteiger partial charge in [-0.15, -0.1) is 5.48 Å². The topological polar surface area (TPSA) is 63.2 Å². The molecule has 2 atom stereocenters. The van der Waals surface area contributed by atoms with Crippen LogP contribution in [-0.2, 0) is 10.2 Å². The zero-order chi connectivity index (χ0) is 19.4. The van der Waals surface area contributed by atoms with Crippen LogP contribution in [0.25, 0.3) is 0 Å². The van der Waals surface area contributed by atoms with E-state index in [4.69, 9.17) is 14.3 Å². The Morgan fingerprint density at radius 2 is 1.56 bits per heavy atom. The lowest BCUT2D eigenvalue weighted by Crippen LogP contribution is -2.23. The molecule has 0 radical (unpaired) electrons. The van der Waals surface area contributed by atoms with Gasteiger partial charge < -0.3 is 19.4 Å². The summed E-state index contributed by atoms with van der Waals surface area (Å²) in [5.74, 6) is 1.71. The molecule has 3 rings (SSSR count). The number of rotatable bonds is 9. The SMILES string of the molecule is CC(C)C(O)COc1ccc(C(C)(C)c2ccc(ONC3CO3)cc2)cc1. The molecule has 1 heterocycles. The van der Waals surface area contributed by atoms with Gasteiger partial charge in [0.2, 0.25) is 0 Å². The summed E-state index contributed by atoms with van der Waals surface area (Å²) < 4.78 is 10.7. The molecule has 146 valence electrons. The first-order valence-electron chi connectivity index (χ1n) is 9.42. The molecule has 5 nitrogen and oxygen atoms in total. The monoisotopic (exact) mass is 371 g/mol. The Hall–Kier alpha value is -2.08. The number of aliphatic hydroxyl groups is 1. The second-order valence-electron chi connectivity index (χ2n) is 7.84. The summed E-state index contributed by atoms with van der Waals surface area (Å²) in [7, 11) is 0. The van der Waals surface area contributed by atoms with Crippen molar-refractivity contribution >= 4 is 0 Å². The molecule has 0 aromatic heterocycles. The number of epoxide rings is 1. The molecule has 0 amide bonds. The van der Waals surface area contributed by atoms with Crippen molar-refractivity contribution in [3.63, 3.8) is 0 Å². The predicted octanol–water partition coefficient (Wildman–Crippen LogP) is 3.65. The Bertz CT molecular complexity index is 721. The van der Waals surface area contributed by atoms with Gasteiger partial charge in [0.1, 0.15) is 18.1 Å². The zero-order valence-corrected chi connectivity index (χ0v) is 16.4. The Labute approximate surface area is 161 Å². The molecule has 0 bridgehead atoms. The average Bonchev–Trinajstić information content (AvgIpc) is 3.49. The zero-order valence-electron chi connectivity index (χ0n) is 16.4. The molecule has 1 fully saturated rings. The van der Waals surface area contributed by atoms with Crippen molar-refractivity contribution in [2.75, 3.05) is 13.2 Å². The highest BCUT2D eigenvalue weighted by Gasteiger charge is 2.24. The van der Waals surface area contributed by atoms with Crippen molar-refractivity contribution in [2.24, 2.45) is 5.92 Å². The summed E-state index contributed by atoms with van der Waals surface area (Å²) in [4.78, 5) is 5.47. The molecule has 1 aliphatic rings. The first-order chi connectivity index (χ1) is 12.9. The van der Waals surface area contributed by atoms with Gasteiger partial charge in [0.05, 0.1) is 12.7 Å². The van der Waals surface area contributed by atoms with E-state index in [2.05, 4.69) is 43.6 Å². The molecule has 1 aliphatic heterocycles. The van der Waals surface area contributed by atoms with Crippen LogP contribution in [0.2, 0.25) is 0 Å². The van der Waals surface area contributed by atoms with Crippen LogP contribution in [0.4, 0.5) is 0 Å². The molecule has 1 saturated heterocycles. The highest BCUT2D eigenvalue weighted by molar-refractivity contribution is 5.41. The smallest absolute Gasteiger partial charge is 0.163 e. The molecule has 5 heteroatoms. The van der Waals surface area contributed by atoms with Gasteiger partial charge in [-0.25, -0.2) is 0 Å². The molecule has 2 N–H and O–H groups in total. The van der Waals surface area contributed by atoms with Crippen molar-refractivity contribution in [3.05, 3.63) is 59.7 Å². The van der Waals surface area contributed by atoms with E-state index >= 15 is 0 Å². The lowest BCUT2D eigenvalue weighted by molar-refractivity contribution is 0.0701. The van der Waals surface area contributed by atoms with E-state index in [1.54, 1.807) is 0 Å². The first-order valence-corrected chi connectivity index (χ1v) is 9.42. The second kappa shape index (κ2) is 8.30. The van der Waals surface area contributed by atoms with Gasteiger partial charge in [-0.2, -0.15) is 0 Å². The Morgan fingerprint density at radius 1 is 1.04 bits per heavy atom. The van der Waals surface area contributed by atoms with E-state index in [1.807, 2.05) is 38.1 Å². The van der Waals surface area contributed by atoms with Crippen molar-refractivity contribution < 1.29 is 19.4 Å². The van der Waals surface area contributed by atoms with Crippen molar-refractivity contribution in [1.29, 1.82) is 0 Å². The minimum Gasteiger partial charge on any atom is -0.491 e. The lowest BCUT2D eigenvalue weighted by atomic mass is 9.78. The van der Waals surface area contributed by atoms with E-state index in [0.29, 0.717) is 13.2 Å². The van der Waals surface area contributed by atoms with Gasteiger partial charge in [-0.1, -0.05) is 52.0 Å². The van der Waals surface area contributed by atoms with Gasteiger partial charge in [0, 0.05) is 5.41 Å². The second-order valence-corrected chi connectivity index (χ2v) is 7.84. The van der Waals surface area contributed by atoms with Gasteiger partial charge in [0.15, 0.2) is 6.23 Å². The van der Waals surface area contributed by atoms with Crippen LogP contribution >= 0.6 is 0 Å². The van der Waals surface area contributed by atoms with Crippen molar-refractivity contribution in [3.8, 4) is 11.5 Å². The van der Waals surface area contributed by atoms with Crippen LogP contribution in [0.15, 0.2) is 48.5 Å². The molecular formula is C22H29NO4. The molecule has 27 heavy (non-hydrogen) atoms. The average molecular weight is 371 g/mol. The Kier molecular flexibility index (Phi) is 6.05. The van der Waals surface area contributed by atoms with Crippen LogP contribution in [0, 0.1) is 5.92 Å². The normalized spacial score (nSPS) is 17.6. The lowest BCUT2D eigenvalue weighted by Gasteiger charge is -2.26. The molecule has 2 aromatic rings. The van der Waals surface area contributed by atoms with Crippen LogP contribution in [0.5, 0.6) is 11.5 Å². The fourth-order valence-corrected chi connectivity index (χ4v) is 2.70. The van der Waals surface area contributed by atoms with Gasteiger partial charge in [-0.3, -0.25) is 0 Å². The van der Waals surface area contributed by atoms with E-state index < -0.39 is 6.10 Å². The van der Waals surface area contributed by atoms with Crippen molar-refractivity contribution in [2.45, 2.75) is 45.4 Å². The fourth-order valence-electron chi connectivity index (χ4n) is 2.70. The highest BCUT2D eigenvalue weighted by Crippen LogP contribution is 2.33. The number of hydrogen-bond acceptors (Lipinski definition) is 5. The van der Waals surface area contributed by atoms with Crippen LogP contribution in [-0.4, -0.2) is 30.7 Å². The van der Waals surface area contributed by atoms with Crippen molar-refractivity contribution in [1.82, 2.24) is 5.48 Å². The predicted molar refractivity (Wildman–Crippen MR) is 105 cm³/mol. The number of hydroxylamine groups is 1. The van der Waals surface area contributed by atoms with E-state index in [9.17, 15) is 5.11 Å². The quantitative estimate of drug-likeness (QED) is 0.520. The van der Waals surface area contributed by atoms with Crippen LogP contribution in [0.1, 0.15) is 38.8 Å². The number of nitrogens with one attached hydrogen (secondary N) is 1. The van der Waals surface area contributed by atoms with Gasteiger partial charge in [0.25, 0.3) is 0 Å². The fraction of sp³-hybridized carbons (Fsp3) is 0.455. The Morgan fingerprint density at radius 3 is 2.04 bits per heavy atom. The molecule has 0 aliphatic carbocycles.